The van der Waals surface area contributed by atoms with Crippen LogP contribution < -0.4 is 14.8 Å². The molecule has 0 bridgehead atoms. The van der Waals surface area contributed by atoms with Gasteiger partial charge in [-0.2, -0.15) is 4.72 Å². The van der Waals surface area contributed by atoms with Gasteiger partial charge in [0.25, 0.3) is 0 Å². The van der Waals surface area contributed by atoms with Crippen molar-refractivity contribution in [2.45, 2.75) is 51.6 Å². The minimum absolute atomic E-state index is 0.120. The van der Waals surface area contributed by atoms with Gasteiger partial charge < -0.3 is 10.1 Å². The molecule has 6 nitrogen and oxygen atoms in total. The summed E-state index contributed by atoms with van der Waals surface area (Å²) in [4.78, 5) is 12.5. The highest BCUT2D eigenvalue weighted by molar-refractivity contribution is 7.89. The van der Waals surface area contributed by atoms with Crippen LogP contribution >= 0.6 is 11.6 Å². The normalized spacial score (nSPS) is 13.6. The number of hydrogen-bond acceptors (Lipinski definition) is 4. The van der Waals surface area contributed by atoms with Crippen LogP contribution in [0.25, 0.3) is 0 Å². The summed E-state index contributed by atoms with van der Waals surface area (Å²) in [5, 5.41) is 3.13. The van der Waals surface area contributed by atoms with E-state index >= 15 is 0 Å². The maximum Gasteiger partial charge on any atom is 0.245 e. The van der Waals surface area contributed by atoms with Crippen molar-refractivity contribution in [3.8, 4) is 5.75 Å². The van der Waals surface area contributed by atoms with Gasteiger partial charge in [0.1, 0.15) is 10.6 Å². The predicted octanol–water partition coefficient (Wildman–Crippen LogP) is 3.82. The first-order chi connectivity index (χ1) is 13.5. The molecule has 0 saturated heterocycles. The first-order valence-electron chi connectivity index (χ1n) is 9.20. The number of rotatable bonds is 7. The lowest BCUT2D eigenvalue weighted by atomic mass is 9.96. The van der Waals surface area contributed by atoms with Crippen molar-refractivity contribution in [2.75, 3.05) is 7.11 Å². The number of carbonyl (C=O) groups is 1. The number of carbonyl (C=O) groups excluding carboxylic acids is 1. The van der Waals surface area contributed by atoms with Crippen molar-refractivity contribution in [1.29, 1.82) is 0 Å². The number of amides is 1. The molecule has 2 aromatic carbocycles. The molecule has 0 aliphatic carbocycles. The van der Waals surface area contributed by atoms with Crippen LogP contribution in [0.2, 0.25) is 5.02 Å². The topological polar surface area (TPSA) is 84.5 Å². The molecule has 0 saturated carbocycles. The Balaban J connectivity index is 2.16. The lowest BCUT2D eigenvalue weighted by Gasteiger charge is -2.21. The molecule has 2 aromatic rings. The van der Waals surface area contributed by atoms with Crippen LogP contribution in [0.1, 0.15) is 42.1 Å². The molecule has 158 valence electrons. The fourth-order valence-corrected chi connectivity index (χ4v) is 4.71. The molecule has 29 heavy (non-hydrogen) atoms. The highest BCUT2D eigenvalue weighted by Gasteiger charge is 2.26. The Morgan fingerprint density at radius 1 is 1.03 bits per heavy atom. The van der Waals surface area contributed by atoms with E-state index in [-0.39, 0.29) is 21.7 Å². The van der Waals surface area contributed by atoms with E-state index < -0.39 is 22.0 Å². The van der Waals surface area contributed by atoms with E-state index in [9.17, 15) is 13.2 Å². The summed E-state index contributed by atoms with van der Waals surface area (Å²) in [5.74, 6) is -0.284. The number of halogens is 1. The highest BCUT2D eigenvalue weighted by Crippen LogP contribution is 2.27. The van der Waals surface area contributed by atoms with Crippen molar-refractivity contribution in [2.24, 2.45) is 0 Å². The fourth-order valence-electron chi connectivity index (χ4n) is 3.08. The summed E-state index contributed by atoms with van der Waals surface area (Å²) in [6, 6.07) is 7.14. The monoisotopic (exact) mass is 438 g/mol. The van der Waals surface area contributed by atoms with Crippen LogP contribution in [0.5, 0.6) is 5.75 Å². The summed E-state index contributed by atoms with van der Waals surface area (Å²) in [7, 11) is -2.64. The Kier molecular flexibility index (Phi) is 7.32. The molecule has 0 aliphatic rings. The first kappa shape index (κ1) is 23.2. The van der Waals surface area contributed by atoms with Crippen molar-refractivity contribution >= 4 is 27.5 Å². The van der Waals surface area contributed by atoms with Gasteiger partial charge in [0, 0.05) is 5.02 Å². The highest BCUT2D eigenvalue weighted by atomic mass is 35.5. The number of nitrogens with one attached hydrogen (secondary N) is 2. The van der Waals surface area contributed by atoms with Crippen LogP contribution in [-0.4, -0.2) is 27.5 Å². The van der Waals surface area contributed by atoms with Gasteiger partial charge >= 0.3 is 0 Å². The summed E-state index contributed by atoms with van der Waals surface area (Å²) >= 11 is 5.93. The summed E-state index contributed by atoms with van der Waals surface area (Å²) in [5.41, 5.74) is 4.38. The summed E-state index contributed by atoms with van der Waals surface area (Å²) in [6.45, 7) is 9.40. The minimum atomic E-state index is -4.01. The fraction of sp³-hybridized carbons (Fsp3) is 0.381. The Morgan fingerprint density at radius 3 is 2.28 bits per heavy atom. The molecular formula is C21H27ClN2O4S. The number of benzene rings is 2. The standard InChI is InChI=1S/C21H27ClN2O4S/c1-12-9-14(3)18(10-13(12)2)15(4)23-21(25)16(5)24-29(26,27)20-11-17(22)7-8-19(20)28-6/h7-11,15-16,24H,1-6H3,(H,23,25). The van der Waals surface area contributed by atoms with Gasteiger partial charge in [-0.25, -0.2) is 8.42 Å². The molecule has 0 heterocycles. The van der Waals surface area contributed by atoms with Crippen LogP contribution in [0.3, 0.4) is 0 Å². The molecule has 0 spiro atoms. The van der Waals surface area contributed by atoms with E-state index in [1.807, 2.05) is 33.8 Å². The molecule has 2 atom stereocenters. The Bertz CT molecular complexity index is 1020. The molecule has 2 rings (SSSR count). The third kappa shape index (κ3) is 5.50. The van der Waals surface area contributed by atoms with Crippen LogP contribution in [-0.2, 0) is 14.8 Å². The maximum absolute atomic E-state index is 12.7. The van der Waals surface area contributed by atoms with Gasteiger partial charge in [-0.1, -0.05) is 23.7 Å². The molecule has 2 N–H and O–H groups in total. The number of sulfonamides is 1. The zero-order valence-corrected chi connectivity index (χ0v) is 19.0. The molecule has 1 amide bonds. The second kappa shape index (κ2) is 9.15. The maximum atomic E-state index is 12.7. The van der Waals surface area contributed by atoms with E-state index in [1.54, 1.807) is 0 Å². The van der Waals surface area contributed by atoms with Gasteiger partial charge in [0.05, 0.1) is 19.2 Å². The predicted molar refractivity (Wildman–Crippen MR) is 115 cm³/mol. The average molecular weight is 439 g/mol. The smallest absolute Gasteiger partial charge is 0.245 e. The molecule has 0 aliphatic heterocycles. The lowest BCUT2D eigenvalue weighted by Crippen LogP contribution is -2.45. The third-order valence-corrected chi connectivity index (χ3v) is 6.65. The van der Waals surface area contributed by atoms with E-state index in [4.69, 9.17) is 16.3 Å². The molecule has 0 radical (unpaired) electrons. The van der Waals surface area contributed by atoms with Gasteiger partial charge in [-0.05, 0) is 75.1 Å². The Morgan fingerprint density at radius 2 is 1.66 bits per heavy atom. The molecule has 0 aromatic heterocycles. The van der Waals surface area contributed by atoms with Gasteiger partial charge in [0.2, 0.25) is 15.9 Å². The van der Waals surface area contributed by atoms with Gasteiger partial charge in [-0.3, -0.25) is 4.79 Å². The van der Waals surface area contributed by atoms with Gasteiger partial charge in [-0.15, -0.1) is 0 Å². The van der Waals surface area contributed by atoms with E-state index in [1.165, 1.54) is 37.8 Å². The zero-order chi connectivity index (χ0) is 21.9. The lowest BCUT2D eigenvalue weighted by molar-refractivity contribution is -0.123. The van der Waals surface area contributed by atoms with E-state index in [2.05, 4.69) is 16.1 Å². The quantitative estimate of drug-likeness (QED) is 0.688. The SMILES string of the molecule is COc1ccc(Cl)cc1S(=O)(=O)NC(C)C(=O)NC(C)c1cc(C)c(C)cc1C. The third-order valence-electron chi connectivity index (χ3n) is 4.85. The number of hydrogen-bond donors (Lipinski definition) is 2. The number of methoxy groups -OCH3 is 1. The number of ether oxygens (including phenoxy) is 1. The second-order valence-electron chi connectivity index (χ2n) is 7.16. The van der Waals surface area contributed by atoms with Crippen LogP contribution in [0, 0.1) is 20.8 Å². The van der Waals surface area contributed by atoms with Crippen molar-refractivity contribution in [3.63, 3.8) is 0 Å². The van der Waals surface area contributed by atoms with E-state index in [0.29, 0.717) is 0 Å². The zero-order valence-electron chi connectivity index (χ0n) is 17.5. The first-order valence-corrected chi connectivity index (χ1v) is 11.1. The number of aryl methyl sites for hydroxylation is 3. The van der Waals surface area contributed by atoms with E-state index in [0.717, 1.165) is 16.7 Å². The van der Waals surface area contributed by atoms with Crippen molar-refractivity contribution < 1.29 is 17.9 Å². The average Bonchev–Trinajstić information content (AvgIpc) is 2.64. The largest absolute Gasteiger partial charge is 0.495 e. The van der Waals surface area contributed by atoms with Crippen molar-refractivity contribution in [1.82, 2.24) is 10.0 Å². The summed E-state index contributed by atoms with van der Waals surface area (Å²) < 4.78 is 33.0. The summed E-state index contributed by atoms with van der Waals surface area (Å²) in [6.07, 6.45) is 0. The molecule has 0 fully saturated rings. The molecule has 8 heteroatoms. The molecule has 2 unspecified atom stereocenters. The Hall–Kier alpha value is -2.09. The van der Waals surface area contributed by atoms with Crippen LogP contribution in [0.4, 0.5) is 0 Å². The Labute approximate surface area is 177 Å². The van der Waals surface area contributed by atoms with Crippen LogP contribution in [0.15, 0.2) is 35.2 Å². The van der Waals surface area contributed by atoms with Crippen molar-refractivity contribution in [3.05, 3.63) is 57.6 Å². The second-order valence-corrected chi connectivity index (χ2v) is 9.28. The molecular weight excluding hydrogens is 412 g/mol. The van der Waals surface area contributed by atoms with Gasteiger partial charge in [0.15, 0.2) is 0 Å². The minimum Gasteiger partial charge on any atom is -0.495 e.